The van der Waals surface area contributed by atoms with E-state index in [4.69, 9.17) is 14.9 Å². The van der Waals surface area contributed by atoms with Gasteiger partial charge in [0.1, 0.15) is 16.4 Å². The number of esters is 1. The summed E-state index contributed by atoms with van der Waals surface area (Å²) in [5.74, 6) is 1.87. The summed E-state index contributed by atoms with van der Waals surface area (Å²) in [5.41, 5.74) is 7.47. The fourth-order valence-corrected chi connectivity index (χ4v) is 4.64. The molecular weight excluding hydrogens is 338 g/mol. The highest BCUT2D eigenvalue weighted by atomic mass is 32.1. The number of aryl methyl sites for hydroxylation is 2. The Bertz CT molecular complexity index is 960. The number of nitrogens with two attached hydrogens (primary N) is 1. The lowest BCUT2D eigenvalue weighted by Gasteiger charge is -2.17. The van der Waals surface area contributed by atoms with Gasteiger partial charge in [-0.1, -0.05) is 6.92 Å². The molecule has 1 aliphatic rings. The molecule has 4 rings (SSSR count). The van der Waals surface area contributed by atoms with Crippen molar-refractivity contribution in [3.05, 3.63) is 39.9 Å². The van der Waals surface area contributed by atoms with Crippen LogP contribution >= 0.6 is 11.3 Å². The molecule has 3 aromatic heterocycles. The van der Waals surface area contributed by atoms with Gasteiger partial charge >= 0.3 is 5.97 Å². The van der Waals surface area contributed by atoms with E-state index in [0.29, 0.717) is 23.3 Å². The first-order valence-corrected chi connectivity index (χ1v) is 9.13. The van der Waals surface area contributed by atoms with Crippen LogP contribution in [0, 0.1) is 12.8 Å². The first-order valence-electron chi connectivity index (χ1n) is 8.31. The van der Waals surface area contributed by atoms with E-state index >= 15 is 0 Å². The van der Waals surface area contributed by atoms with Crippen molar-refractivity contribution in [3.63, 3.8) is 0 Å². The number of rotatable bonds is 3. The largest absolute Gasteiger partial charge is 0.454 e. The number of fused-ring (bicyclic) bond motifs is 3. The highest BCUT2D eigenvalue weighted by molar-refractivity contribution is 7.19. The molecule has 3 aromatic rings. The molecule has 0 aromatic carbocycles. The Balaban J connectivity index is 1.58. The van der Waals surface area contributed by atoms with Gasteiger partial charge in [-0.25, -0.2) is 14.8 Å². The maximum absolute atomic E-state index is 12.0. The van der Waals surface area contributed by atoms with E-state index in [9.17, 15) is 4.79 Å². The second-order valence-electron chi connectivity index (χ2n) is 6.54. The molecule has 0 saturated carbocycles. The first kappa shape index (κ1) is 16.1. The number of anilines is 1. The second-order valence-corrected chi connectivity index (χ2v) is 7.63. The van der Waals surface area contributed by atoms with Crippen LogP contribution in [0.3, 0.4) is 0 Å². The van der Waals surface area contributed by atoms with Crippen LogP contribution in [0.15, 0.2) is 16.5 Å². The summed E-state index contributed by atoms with van der Waals surface area (Å²) >= 11 is 1.68. The van der Waals surface area contributed by atoms with Crippen molar-refractivity contribution in [1.29, 1.82) is 0 Å². The Labute approximate surface area is 149 Å². The van der Waals surface area contributed by atoms with Gasteiger partial charge in [-0.2, -0.15) is 0 Å². The molecule has 2 N–H and O–H groups in total. The van der Waals surface area contributed by atoms with Crippen LogP contribution in [0.4, 0.5) is 5.82 Å². The smallest absolute Gasteiger partial charge is 0.374 e. The standard InChI is InChI=1S/C18H19N3O3S/c1-9-3-5-11-13(7-9)25-17-15(11)16(19)20-14(21-17)8-23-18(22)12-6-4-10(2)24-12/h4,6,9H,3,5,7-8H2,1-2H3,(H2,19,20,21). The number of hydrogen-bond acceptors (Lipinski definition) is 7. The van der Waals surface area contributed by atoms with E-state index in [-0.39, 0.29) is 12.4 Å². The summed E-state index contributed by atoms with van der Waals surface area (Å²) in [6.07, 6.45) is 3.26. The van der Waals surface area contributed by atoms with Crippen molar-refractivity contribution in [3.8, 4) is 0 Å². The summed E-state index contributed by atoms with van der Waals surface area (Å²) in [5, 5.41) is 0.976. The molecule has 130 valence electrons. The molecule has 0 radical (unpaired) electrons. The summed E-state index contributed by atoms with van der Waals surface area (Å²) in [6.45, 7) is 4.01. The van der Waals surface area contributed by atoms with Crippen molar-refractivity contribution in [2.75, 3.05) is 5.73 Å². The number of nitrogen functional groups attached to an aromatic ring is 1. The zero-order valence-corrected chi connectivity index (χ0v) is 15.0. The normalized spacial score (nSPS) is 16.8. The summed E-state index contributed by atoms with van der Waals surface area (Å²) in [4.78, 5) is 23.1. The highest BCUT2D eigenvalue weighted by Gasteiger charge is 2.23. The molecule has 0 bridgehead atoms. The quantitative estimate of drug-likeness (QED) is 0.719. The van der Waals surface area contributed by atoms with Gasteiger partial charge in [-0.05, 0) is 49.8 Å². The third-order valence-electron chi connectivity index (χ3n) is 4.50. The van der Waals surface area contributed by atoms with E-state index in [2.05, 4.69) is 16.9 Å². The summed E-state index contributed by atoms with van der Waals surface area (Å²) < 4.78 is 10.5. The number of nitrogens with zero attached hydrogens (tertiary/aromatic N) is 2. The molecule has 6 nitrogen and oxygen atoms in total. The minimum atomic E-state index is -0.533. The third-order valence-corrected chi connectivity index (χ3v) is 5.65. The average molecular weight is 357 g/mol. The zero-order valence-electron chi connectivity index (χ0n) is 14.2. The molecule has 1 aliphatic carbocycles. The second kappa shape index (κ2) is 6.15. The number of furan rings is 1. The Morgan fingerprint density at radius 1 is 1.44 bits per heavy atom. The maximum Gasteiger partial charge on any atom is 0.374 e. The van der Waals surface area contributed by atoms with Gasteiger partial charge in [0, 0.05) is 4.88 Å². The fraction of sp³-hybridized carbons (Fsp3) is 0.389. The number of carbonyl (C=O) groups is 1. The average Bonchev–Trinajstić information content (AvgIpc) is 3.15. The van der Waals surface area contributed by atoms with Gasteiger partial charge < -0.3 is 14.9 Å². The summed E-state index contributed by atoms with van der Waals surface area (Å²) in [7, 11) is 0. The van der Waals surface area contributed by atoms with Gasteiger partial charge in [0.25, 0.3) is 0 Å². The zero-order chi connectivity index (χ0) is 17.6. The van der Waals surface area contributed by atoms with E-state index in [1.165, 1.54) is 16.9 Å². The Morgan fingerprint density at radius 3 is 3.04 bits per heavy atom. The van der Waals surface area contributed by atoms with Gasteiger partial charge in [-0.3, -0.25) is 0 Å². The van der Waals surface area contributed by atoms with E-state index in [1.807, 2.05) is 0 Å². The topological polar surface area (TPSA) is 91.2 Å². The molecule has 0 fully saturated rings. The van der Waals surface area contributed by atoms with Crippen LogP contribution in [-0.4, -0.2) is 15.9 Å². The molecule has 7 heteroatoms. The Hall–Kier alpha value is -2.41. The predicted octanol–water partition coefficient (Wildman–Crippen LogP) is 3.66. The molecule has 1 unspecified atom stereocenters. The van der Waals surface area contributed by atoms with Gasteiger partial charge in [0.2, 0.25) is 5.76 Å². The number of ether oxygens (including phenoxy) is 1. The molecule has 25 heavy (non-hydrogen) atoms. The first-order chi connectivity index (χ1) is 12.0. The molecule has 0 amide bonds. The highest BCUT2D eigenvalue weighted by Crippen LogP contribution is 2.39. The fourth-order valence-electron chi connectivity index (χ4n) is 3.23. The molecule has 1 atom stereocenters. The van der Waals surface area contributed by atoms with Gasteiger partial charge in [-0.15, -0.1) is 11.3 Å². The number of hydrogen-bond donors (Lipinski definition) is 1. The Morgan fingerprint density at radius 2 is 2.28 bits per heavy atom. The number of aromatic nitrogens is 2. The lowest BCUT2D eigenvalue weighted by atomic mass is 9.89. The van der Waals surface area contributed by atoms with E-state index in [1.54, 1.807) is 30.4 Å². The summed E-state index contributed by atoms with van der Waals surface area (Å²) in [6, 6.07) is 3.30. The molecule has 0 aliphatic heterocycles. The van der Waals surface area contributed by atoms with Crippen molar-refractivity contribution in [2.24, 2.45) is 5.92 Å². The number of carbonyl (C=O) groups excluding carboxylic acids is 1. The van der Waals surface area contributed by atoms with Crippen molar-refractivity contribution < 1.29 is 13.9 Å². The van der Waals surface area contributed by atoms with Crippen molar-refractivity contribution in [2.45, 2.75) is 39.7 Å². The predicted molar refractivity (Wildman–Crippen MR) is 95.6 cm³/mol. The van der Waals surface area contributed by atoms with Crippen LogP contribution in [0.2, 0.25) is 0 Å². The minimum Gasteiger partial charge on any atom is -0.454 e. The van der Waals surface area contributed by atoms with E-state index in [0.717, 1.165) is 23.1 Å². The van der Waals surface area contributed by atoms with Crippen LogP contribution in [0.1, 0.15) is 45.9 Å². The van der Waals surface area contributed by atoms with Gasteiger partial charge in [0.05, 0.1) is 5.39 Å². The maximum atomic E-state index is 12.0. The monoisotopic (exact) mass is 357 g/mol. The van der Waals surface area contributed by atoms with Crippen molar-refractivity contribution in [1.82, 2.24) is 9.97 Å². The van der Waals surface area contributed by atoms with Crippen LogP contribution in [-0.2, 0) is 24.2 Å². The molecule has 0 spiro atoms. The van der Waals surface area contributed by atoms with Gasteiger partial charge in [0.15, 0.2) is 12.4 Å². The molecular formula is C18H19N3O3S. The number of thiophene rings is 1. The van der Waals surface area contributed by atoms with Crippen LogP contribution in [0.5, 0.6) is 0 Å². The van der Waals surface area contributed by atoms with Crippen molar-refractivity contribution >= 4 is 33.3 Å². The third kappa shape index (κ3) is 3.00. The molecule has 3 heterocycles. The lowest BCUT2D eigenvalue weighted by molar-refractivity contribution is 0.0425. The molecule has 0 saturated heterocycles. The minimum absolute atomic E-state index is 0.0301. The SMILES string of the molecule is Cc1ccc(C(=O)OCc2nc(N)c3c4c(sc3n2)CC(C)CC4)o1. The Kier molecular flexibility index (Phi) is 3.95. The van der Waals surface area contributed by atoms with Crippen LogP contribution in [0.25, 0.3) is 10.2 Å². The van der Waals surface area contributed by atoms with Crippen LogP contribution < -0.4 is 5.73 Å². The lowest BCUT2D eigenvalue weighted by Crippen LogP contribution is -2.10. The van der Waals surface area contributed by atoms with E-state index < -0.39 is 5.97 Å².